The lowest BCUT2D eigenvalue weighted by Gasteiger charge is -2.43. The van der Waals surface area contributed by atoms with Gasteiger partial charge in [0.15, 0.2) is 0 Å². The topological polar surface area (TPSA) is 65.6 Å². The van der Waals surface area contributed by atoms with Crippen LogP contribution in [0.2, 0.25) is 0 Å². The molecule has 5 rings (SSSR count). The molecule has 1 aliphatic carbocycles. The fourth-order valence-corrected chi connectivity index (χ4v) is 5.49. The van der Waals surface area contributed by atoms with Gasteiger partial charge in [0, 0.05) is 55.3 Å². The van der Waals surface area contributed by atoms with E-state index in [2.05, 4.69) is 4.98 Å². The van der Waals surface area contributed by atoms with Crippen LogP contribution in [0.1, 0.15) is 42.5 Å². The fraction of sp³-hybridized carbons (Fsp3) is 0.565. The second kappa shape index (κ2) is 7.48. The molecule has 3 aliphatic rings. The first-order valence-electron chi connectivity index (χ1n) is 10.9. The summed E-state index contributed by atoms with van der Waals surface area (Å²) in [6.07, 6.45) is 6.96. The van der Waals surface area contributed by atoms with E-state index in [-0.39, 0.29) is 17.2 Å². The van der Waals surface area contributed by atoms with E-state index in [1.54, 1.807) is 0 Å². The highest BCUT2D eigenvalue weighted by Gasteiger charge is 2.51. The number of amides is 2. The van der Waals surface area contributed by atoms with E-state index < -0.39 is 0 Å². The lowest BCUT2D eigenvalue weighted by Crippen LogP contribution is -2.42. The van der Waals surface area contributed by atoms with E-state index in [1.165, 1.54) is 19.3 Å². The van der Waals surface area contributed by atoms with Crippen LogP contribution >= 0.6 is 0 Å². The first-order chi connectivity index (χ1) is 14.2. The molecule has 0 bridgehead atoms. The van der Waals surface area contributed by atoms with Crippen LogP contribution < -0.4 is 0 Å². The third-order valence-corrected chi connectivity index (χ3v) is 7.34. The lowest BCUT2D eigenvalue weighted by molar-refractivity contribution is -0.135. The van der Waals surface area contributed by atoms with Gasteiger partial charge in [-0.3, -0.25) is 9.59 Å². The second-order valence-electron chi connectivity index (χ2n) is 8.87. The van der Waals surface area contributed by atoms with Crippen LogP contribution in [0.5, 0.6) is 0 Å². The highest BCUT2D eigenvalue weighted by Crippen LogP contribution is 2.53. The Kier molecular flexibility index (Phi) is 4.82. The molecule has 2 aliphatic heterocycles. The number of carbonyl (C=O) groups is 2. The monoisotopic (exact) mass is 395 g/mol. The van der Waals surface area contributed by atoms with Crippen molar-refractivity contribution in [1.82, 2.24) is 14.8 Å². The number of fused-ring (bicyclic) bond motifs is 1. The Morgan fingerprint density at radius 2 is 1.97 bits per heavy atom. The molecule has 1 unspecified atom stereocenters. The van der Waals surface area contributed by atoms with Gasteiger partial charge in [-0.1, -0.05) is 12.5 Å². The number of H-pyrrole nitrogens is 1. The highest BCUT2D eigenvalue weighted by molar-refractivity contribution is 6.06. The maximum Gasteiger partial charge on any atom is 0.254 e. The number of rotatable bonds is 4. The molecule has 1 N–H and O–H groups in total. The smallest absolute Gasteiger partial charge is 0.254 e. The summed E-state index contributed by atoms with van der Waals surface area (Å²) in [4.78, 5) is 33.1. The zero-order valence-electron chi connectivity index (χ0n) is 16.9. The summed E-state index contributed by atoms with van der Waals surface area (Å²) in [5.74, 6) is 0.795. The molecule has 6 heteroatoms. The molecule has 0 radical (unpaired) electrons. The van der Waals surface area contributed by atoms with Gasteiger partial charge in [0.2, 0.25) is 5.91 Å². The molecular weight excluding hydrogens is 366 g/mol. The third-order valence-electron chi connectivity index (χ3n) is 7.34. The van der Waals surface area contributed by atoms with Crippen LogP contribution in [0.4, 0.5) is 0 Å². The van der Waals surface area contributed by atoms with E-state index >= 15 is 0 Å². The molecule has 1 saturated carbocycles. The van der Waals surface area contributed by atoms with Crippen LogP contribution in [0.3, 0.4) is 0 Å². The van der Waals surface area contributed by atoms with E-state index in [1.807, 2.05) is 40.3 Å². The number of aromatic amines is 1. The normalized spacial score (nSPS) is 23.5. The molecule has 1 aromatic carbocycles. The SMILES string of the molecule is O=C(CCC1CN(C(=O)c2cccc3[nH]ccc23)CC12CCC2)N1CCOCC1. The highest BCUT2D eigenvalue weighted by atomic mass is 16.5. The van der Waals surface area contributed by atoms with Crippen molar-refractivity contribution in [3.05, 3.63) is 36.0 Å². The Balaban J connectivity index is 1.28. The molecule has 154 valence electrons. The molecule has 2 aromatic rings. The fourth-order valence-electron chi connectivity index (χ4n) is 5.49. The van der Waals surface area contributed by atoms with Gasteiger partial charge in [-0.15, -0.1) is 0 Å². The lowest BCUT2D eigenvalue weighted by atomic mass is 9.62. The average Bonchev–Trinajstić information content (AvgIpc) is 3.36. The van der Waals surface area contributed by atoms with Crippen molar-refractivity contribution in [3.63, 3.8) is 0 Å². The molecular formula is C23H29N3O3. The van der Waals surface area contributed by atoms with E-state index in [0.717, 1.165) is 36.0 Å². The number of nitrogens with one attached hydrogen (secondary N) is 1. The van der Waals surface area contributed by atoms with Gasteiger partial charge in [0.1, 0.15) is 0 Å². The largest absolute Gasteiger partial charge is 0.378 e. The molecule has 29 heavy (non-hydrogen) atoms. The summed E-state index contributed by atoms with van der Waals surface area (Å²) in [7, 11) is 0. The van der Waals surface area contributed by atoms with Crippen molar-refractivity contribution in [2.24, 2.45) is 11.3 Å². The maximum atomic E-state index is 13.3. The summed E-state index contributed by atoms with van der Waals surface area (Å²) in [6, 6.07) is 7.86. The molecule has 1 spiro atoms. The van der Waals surface area contributed by atoms with Crippen molar-refractivity contribution in [3.8, 4) is 0 Å². The van der Waals surface area contributed by atoms with E-state index in [0.29, 0.717) is 38.6 Å². The number of nitrogens with zero attached hydrogens (tertiary/aromatic N) is 2. The van der Waals surface area contributed by atoms with Crippen molar-refractivity contribution >= 4 is 22.7 Å². The van der Waals surface area contributed by atoms with Crippen LogP contribution in [0.25, 0.3) is 10.9 Å². The Hall–Kier alpha value is -2.34. The van der Waals surface area contributed by atoms with Crippen molar-refractivity contribution in [2.45, 2.75) is 32.1 Å². The van der Waals surface area contributed by atoms with Gasteiger partial charge in [-0.05, 0) is 48.8 Å². The van der Waals surface area contributed by atoms with Crippen LogP contribution in [-0.4, -0.2) is 66.0 Å². The summed E-state index contributed by atoms with van der Waals surface area (Å²) in [6.45, 7) is 4.32. The molecule has 1 atom stereocenters. The number of likely N-dealkylation sites (tertiary alicyclic amines) is 1. The zero-order chi connectivity index (χ0) is 19.8. The first kappa shape index (κ1) is 18.7. The number of benzene rings is 1. The van der Waals surface area contributed by atoms with Crippen molar-refractivity contribution in [2.75, 3.05) is 39.4 Å². The average molecular weight is 396 g/mol. The molecule has 1 aromatic heterocycles. The summed E-state index contributed by atoms with van der Waals surface area (Å²) in [5.41, 5.74) is 2.01. The van der Waals surface area contributed by atoms with Gasteiger partial charge in [-0.25, -0.2) is 0 Å². The second-order valence-corrected chi connectivity index (χ2v) is 8.87. The van der Waals surface area contributed by atoms with Gasteiger partial charge in [0.05, 0.1) is 13.2 Å². The summed E-state index contributed by atoms with van der Waals surface area (Å²) < 4.78 is 5.35. The quantitative estimate of drug-likeness (QED) is 0.865. The predicted octanol–water partition coefficient (Wildman–Crippen LogP) is 3.05. The van der Waals surface area contributed by atoms with Crippen molar-refractivity contribution in [1.29, 1.82) is 0 Å². The molecule has 2 saturated heterocycles. The number of morpholine rings is 1. The number of aromatic nitrogens is 1. The summed E-state index contributed by atoms with van der Waals surface area (Å²) in [5, 5.41) is 0.992. The first-order valence-corrected chi connectivity index (χ1v) is 10.9. The number of hydrogen-bond acceptors (Lipinski definition) is 3. The maximum absolute atomic E-state index is 13.3. The third kappa shape index (κ3) is 3.33. The van der Waals surface area contributed by atoms with Gasteiger partial charge >= 0.3 is 0 Å². The molecule has 2 amide bonds. The Morgan fingerprint density at radius 3 is 2.72 bits per heavy atom. The molecule has 3 heterocycles. The number of hydrogen-bond donors (Lipinski definition) is 1. The number of carbonyl (C=O) groups excluding carboxylic acids is 2. The summed E-state index contributed by atoms with van der Waals surface area (Å²) >= 11 is 0. The van der Waals surface area contributed by atoms with Gasteiger partial charge in [-0.2, -0.15) is 0 Å². The molecule has 3 fully saturated rings. The van der Waals surface area contributed by atoms with Crippen LogP contribution in [-0.2, 0) is 9.53 Å². The Labute approximate surface area is 171 Å². The number of ether oxygens (including phenoxy) is 1. The van der Waals surface area contributed by atoms with Gasteiger partial charge in [0.25, 0.3) is 5.91 Å². The van der Waals surface area contributed by atoms with Crippen molar-refractivity contribution < 1.29 is 14.3 Å². The van der Waals surface area contributed by atoms with Crippen LogP contribution in [0, 0.1) is 11.3 Å². The predicted molar refractivity (Wildman–Crippen MR) is 111 cm³/mol. The molecule has 6 nitrogen and oxygen atoms in total. The van der Waals surface area contributed by atoms with Gasteiger partial charge < -0.3 is 19.5 Å². The minimum absolute atomic E-state index is 0.128. The Morgan fingerprint density at radius 1 is 1.14 bits per heavy atom. The minimum Gasteiger partial charge on any atom is -0.378 e. The Bertz CT molecular complexity index is 911. The zero-order valence-corrected chi connectivity index (χ0v) is 16.9. The van der Waals surface area contributed by atoms with E-state index in [4.69, 9.17) is 4.74 Å². The van der Waals surface area contributed by atoms with Crippen LogP contribution in [0.15, 0.2) is 30.5 Å². The minimum atomic E-state index is 0.128. The standard InChI is InChI=1S/C23H29N3O3/c27-21(25-11-13-29-14-12-25)6-5-17-15-26(16-23(17)8-2-9-23)22(28)19-3-1-4-20-18(19)7-10-24-20/h1,3-4,7,10,17,24H,2,5-6,8-9,11-16H2. The van der Waals surface area contributed by atoms with E-state index in [9.17, 15) is 9.59 Å².